The van der Waals surface area contributed by atoms with E-state index >= 15 is 0 Å². The Morgan fingerprint density at radius 3 is 1.56 bits per heavy atom. The van der Waals surface area contributed by atoms with Gasteiger partial charge in [0.05, 0.1) is 0 Å². The third kappa shape index (κ3) is 2.46. The fourth-order valence-electron chi connectivity index (χ4n) is 0.516. The van der Waals surface area contributed by atoms with E-state index in [4.69, 9.17) is 22.2 Å². The van der Waals surface area contributed by atoms with Gasteiger partial charge in [-0.1, -0.05) is 13.8 Å². The van der Waals surface area contributed by atoms with E-state index in [0.29, 0.717) is 5.54 Å². The van der Waals surface area contributed by atoms with Crippen molar-refractivity contribution in [1.82, 2.24) is 4.57 Å². The Morgan fingerprint density at radius 2 is 1.56 bits per heavy atom. The van der Waals surface area contributed by atoms with Gasteiger partial charge in [-0.3, -0.25) is 0 Å². The molecule has 0 rings (SSSR count). The molecule has 0 radical (unpaired) electrons. The Bertz CT molecular complexity index is 83.0. The summed E-state index contributed by atoms with van der Waals surface area (Å²) in [6.07, 6.45) is 0. The van der Waals surface area contributed by atoms with Crippen LogP contribution < -0.4 is 0 Å². The maximum atomic E-state index is 6.04. The van der Waals surface area contributed by atoms with Crippen LogP contribution in [0.3, 0.4) is 0 Å². The van der Waals surface area contributed by atoms with Gasteiger partial charge in [0.25, 0.3) is 0 Å². The van der Waals surface area contributed by atoms with Gasteiger partial charge in [-0.15, -0.1) is 22.2 Å². The van der Waals surface area contributed by atoms with Crippen molar-refractivity contribution in [2.75, 3.05) is 14.1 Å². The molecule has 0 bridgehead atoms. The molecule has 0 saturated heterocycles. The first kappa shape index (κ1) is 9.76. The van der Waals surface area contributed by atoms with Crippen LogP contribution in [0.1, 0.15) is 13.8 Å². The van der Waals surface area contributed by atoms with Gasteiger partial charge in [-0.05, 0) is 19.6 Å². The zero-order chi connectivity index (χ0) is 7.65. The summed E-state index contributed by atoms with van der Waals surface area (Å²) >= 11 is 12.1. The molecule has 0 saturated carbocycles. The van der Waals surface area contributed by atoms with Crippen LogP contribution >= 0.6 is 22.2 Å². The molecule has 56 valence electrons. The normalized spacial score (nSPS) is 13.3. The van der Waals surface area contributed by atoms with E-state index in [-0.39, 0.29) is 0 Å². The molecule has 0 unspecified atom stereocenters. The fraction of sp³-hybridized carbons (Fsp3) is 1.00. The second kappa shape index (κ2) is 3.24. The summed E-state index contributed by atoms with van der Waals surface area (Å²) < 4.78 is 1.93. The first-order valence-electron chi connectivity index (χ1n) is 2.94. The van der Waals surface area contributed by atoms with Crippen molar-refractivity contribution in [3.8, 4) is 0 Å². The van der Waals surface area contributed by atoms with E-state index in [1.165, 1.54) is 0 Å². The van der Waals surface area contributed by atoms with Crippen molar-refractivity contribution in [1.29, 1.82) is 0 Å². The maximum Gasteiger partial charge on any atom is 0.326 e. The first-order chi connectivity index (χ1) is 3.89. The molecule has 0 aliphatic carbocycles. The molecule has 0 fully saturated rings. The Kier molecular flexibility index (Phi) is 3.51. The average Bonchev–Trinajstić information content (AvgIpc) is 1.65. The lowest BCUT2D eigenvalue weighted by molar-refractivity contribution is 0.630. The summed E-state index contributed by atoms with van der Waals surface area (Å²) in [5.74, 6) is 0. The molecular weight excluding hydrogens is 173 g/mol. The molecule has 0 aliphatic heterocycles. The lowest BCUT2D eigenvalue weighted by Gasteiger charge is -2.27. The van der Waals surface area contributed by atoms with Crippen molar-refractivity contribution in [2.45, 2.75) is 19.4 Å². The quantitative estimate of drug-likeness (QED) is 0.472. The molecule has 0 amide bonds. The minimum Gasteiger partial charge on any atom is -0.305 e. The van der Waals surface area contributed by atoms with E-state index in [1.54, 1.807) is 0 Å². The average molecular weight is 186 g/mol. The molecule has 1 nitrogen and oxygen atoms in total. The number of hydrogen-bond donors (Lipinski definition) is 0. The molecule has 9 heavy (non-hydrogen) atoms. The van der Waals surface area contributed by atoms with Gasteiger partial charge in [-0.25, -0.2) is 0 Å². The van der Waals surface area contributed by atoms with Gasteiger partial charge < -0.3 is 4.57 Å². The molecule has 0 heterocycles. The molecule has 0 aromatic rings. The van der Waals surface area contributed by atoms with Crippen molar-refractivity contribution < 1.29 is 0 Å². The fourth-order valence-corrected chi connectivity index (χ4v) is 1.55. The Balaban J connectivity index is 4.01. The zero-order valence-corrected chi connectivity index (χ0v) is 8.79. The molecule has 0 aromatic carbocycles. The van der Waals surface area contributed by atoms with Crippen molar-refractivity contribution in [3.63, 3.8) is 0 Å². The van der Waals surface area contributed by atoms with Crippen LogP contribution in [0.4, 0.5) is 0 Å². The van der Waals surface area contributed by atoms with Gasteiger partial charge >= 0.3 is 6.86 Å². The Morgan fingerprint density at radius 1 is 1.22 bits per heavy atom. The lowest BCUT2D eigenvalue weighted by atomic mass is 10.6. The smallest absolute Gasteiger partial charge is 0.305 e. The van der Waals surface area contributed by atoms with Crippen LogP contribution in [-0.2, 0) is 0 Å². The largest absolute Gasteiger partial charge is 0.326 e. The molecular formula is C5H13Cl2NSi. The van der Waals surface area contributed by atoms with Gasteiger partial charge in [0.15, 0.2) is 0 Å². The molecule has 4 heteroatoms. The molecule has 0 spiro atoms. The zero-order valence-electron chi connectivity index (χ0n) is 6.28. The summed E-state index contributed by atoms with van der Waals surface area (Å²) in [5, 5.41) is 0. The predicted molar refractivity (Wildman–Crippen MR) is 46.2 cm³/mol. The van der Waals surface area contributed by atoms with Crippen molar-refractivity contribution in [2.24, 2.45) is 0 Å². The number of nitrogens with zero attached hydrogens (tertiary/aromatic N) is 1. The Hall–Kier alpha value is 0.757. The van der Waals surface area contributed by atoms with Crippen LogP contribution in [0.5, 0.6) is 0 Å². The standard InChI is InChI=1S/C5H13Cl2NSi/c1-5(2)9(6,7)8(3)4/h5H,1-4H3. The highest BCUT2D eigenvalue weighted by atomic mass is 35.7. The van der Waals surface area contributed by atoms with E-state index in [9.17, 15) is 0 Å². The van der Waals surface area contributed by atoms with Crippen LogP contribution in [0.2, 0.25) is 5.54 Å². The third-order valence-electron chi connectivity index (χ3n) is 1.29. The predicted octanol–water partition coefficient (Wildman–Crippen LogP) is 2.37. The van der Waals surface area contributed by atoms with E-state index in [0.717, 1.165) is 0 Å². The maximum absolute atomic E-state index is 6.04. The minimum atomic E-state index is -2.08. The highest BCUT2D eigenvalue weighted by Gasteiger charge is 2.35. The summed E-state index contributed by atoms with van der Waals surface area (Å²) in [5.41, 5.74) is 0.385. The van der Waals surface area contributed by atoms with E-state index < -0.39 is 6.86 Å². The van der Waals surface area contributed by atoms with Crippen molar-refractivity contribution >= 4 is 29.0 Å². The summed E-state index contributed by atoms with van der Waals surface area (Å²) in [7, 11) is 3.85. The Labute approximate surface area is 67.4 Å². The van der Waals surface area contributed by atoms with Gasteiger partial charge in [0.2, 0.25) is 0 Å². The second-order valence-electron chi connectivity index (χ2n) is 2.64. The third-order valence-corrected chi connectivity index (χ3v) is 8.52. The van der Waals surface area contributed by atoms with Crippen molar-refractivity contribution in [3.05, 3.63) is 0 Å². The molecule has 0 N–H and O–H groups in total. The number of hydrogen-bond acceptors (Lipinski definition) is 1. The summed E-state index contributed by atoms with van der Waals surface area (Å²) in [6.45, 7) is 2.02. The highest BCUT2D eigenvalue weighted by Crippen LogP contribution is 2.30. The molecule has 0 aliphatic rings. The lowest BCUT2D eigenvalue weighted by Crippen LogP contribution is -2.41. The van der Waals surface area contributed by atoms with Crippen LogP contribution in [0.15, 0.2) is 0 Å². The second-order valence-corrected chi connectivity index (χ2v) is 9.90. The van der Waals surface area contributed by atoms with Gasteiger partial charge in [-0.2, -0.15) is 0 Å². The first-order valence-corrected chi connectivity index (χ1v) is 6.99. The van der Waals surface area contributed by atoms with Gasteiger partial charge in [0.1, 0.15) is 0 Å². The topological polar surface area (TPSA) is 3.24 Å². The van der Waals surface area contributed by atoms with Crippen LogP contribution in [0, 0.1) is 0 Å². The molecule has 0 atom stereocenters. The summed E-state index contributed by atoms with van der Waals surface area (Å²) in [4.78, 5) is 0. The van der Waals surface area contributed by atoms with Crippen LogP contribution in [0.25, 0.3) is 0 Å². The van der Waals surface area contributed by atoms with E-state index in [1.807, 2.05) is 32.5 Å². The molecule has 0 aromatic heterocycles. The van der Waals surface area contributed by atoms with Gasteiger partial charge in [0, 0.05) is 0 Å². The monoisotopic (exact) mass is 185 g/mol. The summed E-state index contributed by atoms with van der Waals surface area (Å²) in [6, 6.07) is 0. The number of halogens is 2. The van der Waals surface area contributed by atoms with Crippen LogP contribution in [-0.4, -0.2) is 25.5 Å². The SMILES string of the molecule is CC(C)[Si](Cl)(Cl)N(C)C. The van der Waals surface area contributed by atoms with E-state index in [2.05, 4.69) is 0 Å². The minimum absolute atomic E-state index is 0.385. The highest BCUT2D eigenvalue weighted by molar-refractivity contribution is 7.44. The number of rotatable bonds is 2.